The molecule has 3 heterocycles. The number of rotatable bonds is 4. The quantitative estimate of drug-likeness (QED) is 0.902. The lowest BCUT2D eigenvalue weighted by molar-refractivity contribution is -0.0770. The van der Waals surface area contributed by atoms with Gasteiger partial charge in [0.25, 0.3) is 0 Å². The first kappa shape index (κ1) is 13.1. The van der Waals surface area contributed by atoms with E-state index in [1.54, 1.807) is 0 Å². The smallest absolute Gasteiger partial charge is 0.226 e. The summed E-state index contributed by atoms with van der Waals surface area (Å²) >= 11 is 0. The van der Waals surface area contributed by atoms with Crippen molar-refractivity contribution in [2.75, 3.05) is 19.7 Å². The second-order valence-electron chi connectivity index (χ2n) is 5.95. The summed E-state index contributed by atoms with van der Waals surface area (Å²) < 4.78 is 11.2. The summed E-state index contributed by atoms with van der Waals surface area (Å²) in [4.78, 5) is 4.54. The summed E-state index contributed by atoms with van der Waals surface area (Å²) in [6.45, 7) is 5.14. The number of aromatic nitrogens is 2. The van der Waals surface area contributed by atoms with Crippen LogP contribution in [0.1, 0.15) is 50.7 Å². The molecule has 2 atom stereocenters. The molecule has 0 amide bonds. The molecule has 0 aromatic carbocycles. The highest BCUT2D eigenvalue weighted by Crippen LogP contribution is 2.32. The van der Waals surface area contributed by atoms with Gasteiger partial charge < -0.3 is 14.6 Å². The molecule has 0 aliphatic carbocycles. The fourth-order valence-electron chi connectivity index (χ4n) is 2.97. The van der Waals surface area contributed by atoms with Crippen molar-refractivity contribution in [1.82, 2.24) is 15.5 Å². The Morgan fingerprint density at radius 2 is 2.37 bits per heavy atom. The molecule has 19 heavy (non-hydrogen) atoms. The molecular weight excluding hydrogens is 242 g/mol. The van der Waals surface area contributed by atoms with E-state index in [-0.39, 0.29) is 5.60 Å². The monoisotopic (exact) mass is 265 g/mol. The number of ether oxygens (including phenoxy) is 1. The Morgan fingerprint density at radius 3 is 3.11 bits per heavy atom. The van der Waals surface area contributed by atoms with Gasteiger partial charge in [-0.05, 0) is 58.0 Å². The summed E-state index contributed by atoms with van der Waals surface area (Å²) in [5.41, 5.74) is -0.338. The zero-order chi connectivity index (χ0) is 13.1. The van der Waals surface area contributed by atoms with Crippen LogP contribution in [0.2, 0.25) is 0 Å². The molecule has 0 saturated carbocycles. The van der Waals surface area contributed by atoms with Gasteiger partial charge in [-0.2, -0.15) is 4.98 Å². The summed E-state index contributed by atoms with van der Waals surface area (Å²) in [7, 11) is 0. The molecule has 5 nitrogen and oxygen atoms in total. The fourth-order valence-corrected chi connectivity index (χ4v) is 2.97. The highest BCUT2D eigenvalue weighted by molar-refractivity contribution is 5.01. The third-order valence-electron chi connectivity index (χ3n) is 4.34. The van der Waals surface area contributed by atoms with E-state index in [1.807, 2.05) is 0 Å². The van der Waals surface area contributed by atoms with E-state index < -0.39 is 0 Å². The van der Waals surface area contributed by atoms with Gasteiger partial charge in [0, 0.05) is 13.0 Å². The fraction of sp³-hybridized carbons (Fsp3) is 0.857. The average Bonchev–Trinajstić information content (AvgIpc) is 3.09. The molecule has 1 N–H and O–H groups in total. The van der Waals surface area contributed by atoms with Crippen molar-refractivity contribution in [3.8, 4) is 0 Å². The first-order chi connectivity index (χ1) is 9.26. The maximum absolute atomic E-state index is 5.85. The second kappa shape index (κ2) is 5.59. The minimum absolute atomic E-state index is 0.338. The minimum atomic E-state index is -0.338. The first-order valence-electron chi connectivity index (χ1n) is 7.44. The van der Waals surface area contributed by atoms with E-state index in [4.69, 9.17) is 9.26 Å². The molecule has 0 radical (unpaired) electrons. The van der Waals surface area contributed by atoms with Gasteiger partial charge in [0.15, 0.2) is 0 Å². The minimum Gasteiger partial charge on any atom is -0.367 e. The van der Waals surface area contributed by atoms with Crippen molar-refractivity contribution in [2.24, 2.45) is 5.92 Å². The maximum Gasteiger partial charge on any atom is 0.226 e. The van der Waals surface area contributed by atoms with Crippen LogP contribution in [0.4, 0.5) is 0 Å². The SMILES string of the molecule is CC1(c2noc(CCC3CCNC3)n2)CCCCO1. The van der Waals surface area contributed by atoms with Crippen molar-refractivity contribution < 1.29 is 9.26 Å². The van der Waals surface area contributed by atoms with Crippen molar-refractivity contribution in [3.63, 3.8) is 0 Å². The van der Waals surface area contributed by atoms with E-state index in [0.717, 1.165) is 63.0 Å². The van der Waals surface area contributed by atoms with E-state index in [2.05, 4.69) is 22.4 Å². The molecule has 1 aromatic rings. The van der Waals surface area contributed by atoms with E-state index >= 15 is 0 Å². The molecule has 5 heteroatoms. The Bertz CT molecular complexity index is 407. The number of hydrogen-bond acceptors (Lipinski definition) is 5. The van der Waals surface area contributed by atoms with Gasteiger partial charge in [-0.3, -0.25) is 0 Å². The first-order valence-corrected chi connectivity index (χ1v) is 7.44. The summed E-state index contributed by atoms with van der Waals surface area (Å²) in [6, 6.07) is 0. The van der Waals surface area contributed by atoms with E-state index in [1.165, 1.54) is 12.8 Å². The highest BCUT2D eigenvalue weighted by atomic mass is 16.5. The highest BCUT2D eigenvalue weighted by Gasteiger charge is 2.34. The van der Waals surface area contributed by atoms with Crippen molar-refractivity contribution >= 4 is 0 Å². The summed E-state index contributed by atoms with van der Waals surface area (Å²) in [6.07, 6.45) is 6.57. The third-order valence-corrected chi connectivity index (χ3v) is 4.34. The van der Waals surface area contributed by atoms with Gasteiger partial charge in [0.1, 0.15) is 5.60 Å². The van der Waals surface area contributed by atoms with Crippen LogP contribution in [0.5, 0.6) is 0 Å². The van der Waals surface area contributed by atoms with Crippen LogP contribution in [0, 0.1) is 5.92 Å². The van der Waals surface area contributed by atoms with E-state index in [0.29, 0.717) is 0 Å². The van der Waals surface area contributed by atoms with Crippen LogP contribution in [0.15, 0.2) is 4.52 Å². The van der Waals surface area contributed by atoms with Crippen LogP contribution < -0.4 is 5.32 Å². The van der Waals surface area contributed by atoms with Gasteiger partial charge in [-0.1, -0.05) is 5.16 Å². The standard InChI is InChI=1S/C14H23N3O2/c1-14(7-2-3-9-18-14)13-16-12(19-17-13)5-4-11-6-8-15-10-11/h11,15H,2-10H2,1H3. The predicted molar refractivity (Wildman–Crippen MR) is 70.8 cm³/mol. The summed E-state index contributed by atoms with van der Waals surface area (Å²) in [5.74, 6) is 2.25. The predicted octanol–water partition coefficient (Wildman–Crippen LogP) is 2.03. The largest absolute Gasteiger partial charge is 0.367 e. The van der Waals surface area contributed by atoms with Crippen LogP contribution >= 0.6 is 0 Å². The Labute approximate surface area is 114 Å². The number of hydrogen-bond donors (Lipinski definition) is 1. The molecule has 0 spiro atoms. The number of nitrogens with one attached hydrogen (secondary N) is 1. The Kier molecular flexibility index (Phi) is 3.84. The lowest BCUT2D eigenvalue weighted by Crippen LogP contribution is -2.31. The molecule has 2 saturated heterocycles. The van der Waals surface area contributed by atoms with E-state index in [9.17, 15) is 0 Å². The van der Waals surface area contributed by atoms with Crippen LogP contribution in [-0.4, -0.2) is 29.8 Å². The van der Waals surface area contributed by atoms with Crippen LogP contribution in [-0.2, 0) is 16.8 Å². The molecule has 2 unspecified atom stereocenters. The third kappa shape index (κ3) is 2.98. The Balaban J connectivity index is 1.59. The van der Waals surface area contributed by atoms with Crippen molar-refractivity contribution in [3.05, 3.63) is 11.7 Å². The lowest BCUT2D eigenvalue weighted by atomic mass is 9.95. The average molecular weight is 265 g/mol. The molecule has 3 rings (SSSR count). The second-order valence-corrected chi connectivity index (χ2v) is 5.95. The lowest BCUT2D eigenvalue weighted by Gasteiger charge is -2.30. The summed E-state index contributed by atoms with van der Waals surface area (Å²) in [5, 5.41) is 7.52. The van der Waals surface area contributed by atoms with Gasteiger partial charge in [0.2, 0.25) is 11.7 Å². The number of aryl methyl sites for hydroxylation is 1. The van der Waals surface area contributed by atoms with Gasteiger partial charge >= 0.3 is 0 Å². The normalized spacial score (nSPS) is 31.7. The molecule has 0 bridgehead atoms. The molecule has 2 fully saturated rings. The van der Waals surface area contributed by atoms with Crippen LogP contribution in [0.3, 0.4) is 0 Å². The Hall–Kier alpha value is -0.940. The maximum atomic E-state index is 5.85. The molecule has 1 aromatic heterocycles. The van der Waals surface area contributed by atoms with Gasteiger partial charge in [-0.15, -0.1) is 0 Å². The molecule has 2 aliphatic heterocycles. The van der Waals surface area contributed by atoms with Crippen molar-refractivity contribution in [2.45, 2.75) is 51.0 Å². The van der Waals surface area contributed by atoms with Crippen molar-refractivity contribution in [1.29, 1.82) is 0 Å². The Morgan fingerprint density at radius 1 is 1.42 bits per heavy atom. The van der Waals surface area contributed by atoms with Gasteiger partial charge in [0.05, 0.1) is 0 Å². The topological polar surface area (TPSA) is 60.2 Å². The number of nitrogens with zero attached hydrogens (tertiary/aromatic N) is 2. The zero-order valence-corrected chi connectivity index (χ0v) is 11.7. The van der Waals surface area contributed by atoms with Crippen LogP contribution in [0.25, 0.3) is 0 Å². The van der Waals surface area contributed by atoms with Gasteiger partial charge in [-0.25, -0.2) is 0 Å². The molecule has 2 aliphatic rings. The molecule has 106 valence electrons. The molecular formula is C14H23N3O2. The zero-order valence-electron chi connectivity index (χ0n) is 11.7.